The molecule has 27 heavy (non-hydrogen) atoms. The van der Waals surface area contributed by atoms with Crippen LogP contribution in [0, 0.1) is 11.6 Å². The van der Waals surface area contributed by atoms with E-state index in [2.05, 4.69) is 0 Å². The molecule has 0 radical (unpaired) electrons. The number of ether oxygens (including phenoxy) is 1. The molecule has 5 nitrogen and oxygen atoms in total. The predicted molar refractivity (Wildman–Crippen MR) is 94.8 cm³/mol. The zero-order valence-corrected chi connectivity index (χ0v) is 14.8. The van der Waals surface area contributed by atoms with Crippen LogP contribution < -0.4 is 4.90 Å². The van der Waals surface area contributed by atoms with Crippen LogP contribution in [0.4, 0.5) is 14.5 Å². The number of anilines is 1. The van der Waals surface area contributed by atoms with E-state index in [0.717, 1.165) is 17.0 Å². The molecule has 0 fully saturated rings. The van der Waals surface area contributed by atoms with Crippen LogP contribution >= 0.6 is 0 Å². The number of rotatable bonds is 3. The maximum absolute atomic E-state index is 13.7. The first-order valence-electron chi connectivity index (χ1n) is 8.00. The molecule has 0 aromatic heterocycles. The van der Waals surface area contributed by atoms with Crippen LogP contribution in [0.15, 0.2) is 36.4 Å². The van der Waals surface area contributed by atoms with Gasteiger partial charge in [-0.3, -0.25) is 14.4 Å². The largest absolute Gasteiger partial charge is 0.495 e. The highest BCUT2D eigenvalue weighted by Gasteiger charge is 2.38. The van der Waals surface area contributed by atoms with Gasteiger partial charge in [-0.25, -0.2) is 13.7 Å². The van der Waals surface area contributed by atoms with E-state index < -0.39 is 23.4 Å². The lowest BCUT2D eigenvalue weighted by Gasteiger charge is -2.13. The van der Waals surface area contributed by atoms with Crippen molar-refractivity contribution in [1.82, 2.24) is 0 Å². The molecule has 1 heterocycles. The zero-order chi connectivity index (χ0) is 19.9. The van der Waals surface area contributed by atoms with E-state index in [-0.39, 0.29) is 22.7 Å². The van der Waals surface area contributed by atoms with Crippen molar-refractivity contribution in [2.75, 3.05) is 12.0 Å². The summed E-state index contributed by atoms with van der Waals surface area (Å²) in [6.45, 7) is 2.60. The van der Waals surface area contributed by atoms with Crippen LogP contribution in [0.5, 0.6) is 0 Å². The number of carbonyl (C=O) groups excluding carboxylic acids is 3. The van der Waals surface area contributed by atoms with E-state index in [1.165, 1.54) is 45.2 Å². The number of Topliss-reactive ketones (excluding diaryl/α,β-unsaturated/α-hetero) is 1. The minimum Gasteiger partial charge on any atom is -0.495 e. The molecule has 7 heteroatoms. The van der Waals surface area contributed by atoms with Crippen molar-refractivity contribution >= 4 is 34.6 Å². The number of imide groups is 1. The standard InChI is InChI=1S/C20H15F2NO4/c1-10(24)12-5-7-17-14(8-12)18(20(26)23(17)11(2)25)19(27-3)13-4-6-15(21)16(22)9-13/h4-9H,1-3H3. The van der Waals surface area contributed by atoms with Crippen molar-refractivity contribution in [2.45, 2.75) is 13.8 Å². The van der Waals surface area contributed by atoms with E-state index in [4.69, 9.17) is 4.74 Å². The van der Waals surface area contributed by atoms with E-state index in [0.29, 0.717) is 16.8 Å². The smallest absolute Gasteiger partial charge is 0.269 e. The summed E-state index contributed by atoms with van der Waals surface area (Å²) in [5, 5.41) is 0. The predicted octanol–water partition coefficient (Wildman–Crippen LogP) is 3.58. The third kappa shape index (κ3) is 3.01. The molecule has 0 bridgehead atoms. The van der Waals surface area contributed by atoms with Crippen LogP contribution in [0.1, 0.15) is 35.3 Å². The molecule has 1 aliphatic heterocycles. The van der Waals surface area contributed by atoms with Gasteiger partial charge in [0.05, 0.1) is 18.4 Å². The molecular weight excluding hydrogens is 356 g/mol. The fourth-order valence-corrected chi connectivity index (χ4v) is 3.02. The first kappa shape index (κ1) is 18.4. The molecule has 0 unspecified atom stereocenters. The quantitative estimate of drug-likeness (QED) is 0.470. The Labute approximate surface area is 153 Å². The maximum Gasteiger partial charge on any atom is 0.269 e. The summed E-state index contributed by atoms with van der Waals surface area (Å²) in [6, 6.07) is 7.57. The Hall–Kier alpha value is -3.35. The SMILES string of the molecule is COC(=C1C(=O)N(C(C)=O)c2ccc(C(C)=O)cc21)c1ccc(F)c(F)c1. The summed E-state index contributed by atoms with van der Waals surface area (Å²) < 4.78 is 32.3. The molecule has 138 valence electrons. The molecule has 0 N–H and O–H groups in total. The lowest BCUT2D eigenvalue weighted by Crippen LogP contribution is -2.31. The molecule has 0 atom stereocenters. The van der Waals surface area contributed by atoms with Crippen molar-refractivity contribution in [3.8, 4) is 0 Å². The Kier molecular flexibility index (Phi) is 4.61. The second-order valence-corrected chi connectivity index (χ2v) is 5.98. The van der Waals surface area contributed by atoms with E-state index in [1.807, 2.05) is 0 Å². The van der Waals surface area contributed by atoms with E-state index in [9.17, 15) is 23.2 Å². The second-order valence-electron chi connectivity index (χ2n) is 5.98. The van der Waals surface area contributed by atoms with Gasteiger partial charge < -0.3 is 4.74 Å². The maximum atomic E-state index is 13.7. The second kappa shape index (κ2) is 6.75. The molecule has 2 amide bonds. The highest BCUT2D eigenvalue weighted by molar-refractivity contribution is 6.43. The van der Waals surface area contributed by atoms with Gasteiger partial charge in [0.15, 0.2) is 17.4 Å². The van der Waals surface area contributed by atoms with Crippen molar-refractivity contribution in [3.63, 3.8) is 0 Å². The van der Waals surface area contributed by atoms with Gasteiger partial charge in [-0.15, -0.1) is 0 Å². The number of hydrogen-bond donors (Lipinski definition) is 0. The van der Waals surface area contributed by atoms with Crippen LogP contribution in [-0.2, 0) is 14.3 Å². The Morgan fingerprint density at radius 2 is 1.63 bits per heavy atom. The van der Waals surface area contributed by atoms with Gasteiger partial charge in [0, 0.05) is 23.6 Å². The van der Waals surface area contributed by atoms with Crippen molar-refractivity contribution in [1.29, 1.82) is 0 Å². The number of carbonyl (C=O) groups is 3. The lowest BCUT2D eigenvalue weighted by molar-refractivity contribution is -0.122. The molecule has 0 aliphatic carbocycles. The third-order valence-electron chi connectivity index (χ3n) is 4.26. The van der Waals surface area contributed by atoms with Crippen LogP contribution in [0.3, 0.4) is 0 Å². The lowest BCUT2D eigenvalue weighted by atomic mass is 9.99. The topological polar surface area (TPSA) is 63.7 Å². The molecule has 2 aromatic rings. The van der Waals surface area contributed by atoms with E-state index >= 15 is 0 Å². The fourth-order valence-electron chi connectivity index (χ4n) is 3.02. The molecule has 1 aliphatic rings. The number of nitrogens with zero attached hydrogens (tertiary/aromatic N) is 1. The molecule has 0 spiro atoms. The van der Waals surface area contributed by atoms with Crippen molar-refractivity contribution in [2.24, 2.45) is 0 Å². The number of halogens is 2. The number of hydrogen-bond acceptors (Lipinski definition) is 4. The third-order valence-corrected chi connectivity index (χ3v) is 4.26. The van der Waals surface area contributed by atoms with Crippen molar-refractivity contribution < 1.29 is 27.9 Å². The molecular formula is C20H15F2NO4. The number of fused-ring (bicyclic) bond motifs is 1. The number of benzene rings is 2. The fraction of sp³-hybridized carbons (Fsp3) is 0.150. The minimum absolute atomic E-state index is 0.00296. The van der Waals surface area contributed by atoms with Gasteiger partial charge in [0.25, 0.3) is 5.91 Å². The summed E-state index contributed by atoms with van der Waals surface area (Å²) in [4.78, 5) is 37.6. The van der Waals surface area contributed by atoms with Crippen LogP contribution in [0.25, 0.3) is 11.3 Å². The summed E-state index contributed by atoms with van der Waals surface area (Å²) in [5.74, 6) is -3.58. The first-order chi connectivity index (χ1) is 12.8. The number of ketones is 1. The van der Waals surface area contributed by atoms with E-state index in [1.54, 1.807) is 0 Å². The zero-order valence-electron chi connectivity index (χ0n) is 14.8. The van der Waals surface area contributed by atoms with Gasteiger partial charge in [-0.1, -0.05) is 0 Å². The van der Waals surface area contributed by atoms with Gasteiger partial charge >= 0.3 is 0 Å². The molecule has 0 saturated carbocycles. The summed E-state index contributed by atoms with van der Waals surface area (Å²) >= 11 is 0. The van der Waals surface area contributed by atoms with Crippen LogP contribution in [0.2, 0.25) is 0 Å². The van der Waals surface area contributed by atoms with Gasteiger partial charge in [0.2, 0.25) is 5.91 Å². The number of amides is 2. The van der Waals surface area contributed by atoms with Gasteiger partial charge in [-0.05, 0) is 43.3 Å². The van der Waals surface area contributed by atoms with Crippen LogP contribution in [-0.4, -0.2) is 24.7 Å². The molecule has 2 aromatic carbocycles. The average Bonchev–Trinajstić information content (AvgIpc) is 2.90. The summed E-state index contributed by atoms with van der Waals surface area (Å²) in [5.41, 5.74) is 1.07. The summed E-state index contributed by atoms with van der Waals surface area (Å²) in [6.07, 6.45) is 0. The number of methoxy groups -OCH3 is 1. The van der Waals surface area contributed by atoms with Gasteiger partial charge in [-0.2, -0.15) is 0 Å². The Morgan fingerprint density at radius 1 is 0.963 bits per heavy atom. The first-order valence-corrected chi connectivity index (χ1v) is 8.00. The normalized spacial score (nSPS) is 14.9. The Morgan fingerprint density at radius 3 is 2.19 bits per heavy atom. The Bertz CT molecular complexity index is 1030. The highest BCUT2D eigenvalue weighted by Crippen LogP contribution is 2.41. The Balaban J connectivity index is 2.33. The highest BCUT2D eigenvalue weighted by atomic mass is 19.2. The van der Waals surface area contributed by atoms with Gasteiger partial charge in [0.1, 0.15) is 5.76 Å². The summed E-state index contributed by atoms with van der Waals surface area (Å²) in [7, 11) is 1.28. The molecule has 0 saturated heterocycles. The minimum atomic E-state index is -1.10. The average molecular weight is 371 g/mol. The van der Waals surface area contributed by atoms with Crippen molar-refractivity contribution in [3.05, 3.63) is 64.7 Å². The monoisotopic (exact) mass is 371 g/mol. The molecule has 3 rings (SSSR count).